The number of methoxy groups -OCH3 is 1. The molecule has 0 saturated carbocycles. The highest BCUT2D eigenvalue weighted by atomic mass is 16.5. The van der Waals surface area contributed by atoms with E-state index in [4.69, 9.17) is 9.15 Å². The van der Waals surface area contributed by atoms with Crippen LogP contribution in [0.5, 0.6) is 0 Å². The van der Waals surface area contributed by atoms with Gasteiger partial charge in [-0.05, 0) is 43.7 Å². The first-order chi connectivity index (χ1) is 15.4. The number of amides is 1. The van der Waals surface area contributed by atoms with Crippen molar-refractivity contribution in [2.24, 2.45) is 0 Å². The van der Waals surface area contributed by atoms with Crippen LogP contribution in [0, 0.1) is 13.8 Å². The molecule has 3 aromatic carbocycles. The van der Waals surface area contributed by atoms with Crippen molar-refractivity contribution in [3.63, 3.8) is 0 Å². The predicted molar refractivity (Wildman–Crippen MR) is 123 cm³/mol. The highest BCUT2D eigenvalue weighted by Crippen LogP contribution is 2.28. The Kier molecular flexibility index (Phi) is 5.60. The number of hydrogen-bond donors (Lipinski definition) is 1. The van der Waals surface area contributed by atoms with Crippen LogP contribution in [0.4, 0.5) is 5.69 Å². The smallest absolute Gasteiger partial charge is 0.338 e. The molecule has 0 spiro atoms. The van der Waals surface area contributed by atoms with Crippen molar-refractivity contribution in [1.82, 2.24) is 0 Å². The van der Waals surface area contributed by atoms with Crippen molar-refractivity contribution in [2.75, 3.05) is 12.4 Å². The van der Waals surface area contributed by atoms with Crippen LogP contribution < -0.4 is 10.7 Å². The summed E-state index contributed by atoms with van der Waals surface area (Å²) < 4.78 is 10.9. The third-order valence-electron chi connectivity index (χ3n) is 5.41. The predicted octanol–water partition coefficient (Wildman–Crippen LogP) is 5.12. The van der Waals surface area contributed by atoms with Gasteiger partial charge < -0.3 is 14.5 Å². The van der Waals surface area contributed by atoms with E-state index < -0.39 is 11.9 Å². The minimum atomic E-state index is -0.488. The number of carbonyl (C=O) groups excluding carboxylic acids is 2. The van der Waals surface area contributed by atoms with E-state index in [1.807, 2.05) is 30.3 Å². The Labute approximate surface area is 184 Å². The van der Waals surface area contributed by atoms with Crippen molar-refractivity contribution in [3.05, 3.63) is 99.2 Å². The minimum absolute atomic E-state index is 0.191. The maximum Gasteiger partial charge on any atom is 0.338 e. The summed E-state index contributed by atoms with van der Waals surface area (Å²) in [5.74, 6) is -0.517. The molecule has 0 radical (unpaired) electrons. The first-order valence-corrected chi connectivity index (χ1v) is 10.0. The van der Waals surface area contributed by atoms with Gasteiger partial charge in [0.25, 0.3) is 5.91 Å². The van der Waals surface area contributed by atoms with Crippen LogP contribution >= 0.6 is 0 Å². The van der Waals surface area contributed by atoms with E-state index in [0.717, 1.165) is 5.56 Å². The molecular formula is C26H21NO5. The van der Waals surface area contributed by atoms with E-state index in [1.54, 1.807) is 50.2 Å². The summed E-state index contributed by atoms with van der Waals surface area (Å²) in [5.41, 5.74) is 2.87. The zero-order chi connectivity index (χ0) is 22.8. The monoisotopic (exact) mass is 427 g/mol. The van der Waals surface area contributed by atoms with E-state index in [2.05, 4.69) is 5.32 Å². The zero-order valence-electron chi connectivity index (χ0n) is 17.9. The second-order valence-electron chi connectivity index (χ2n) is 7.36. The van der Waals surface area contributed by atoms with Crippen molar-refractivity contribution >= 4 is 28.5 Å². The van der Waals surface area contributed by atoms with Gasteiger partial charge in [-0.2, -0.15) is 0 Å². The minimum Gasteiger partial charge on any atom is -0.465 e. The molecule has 6 nitrogen and oxygen atoms in total. The third kappa shape index (κ3) is 3.67. The quantitative estimate of drug-likeness (QED) is 0.457. The number of esters is 1. The third-order valence-corrected chi connectivity index (χ3v) is 5.41. The molecule has 0 aliphatic heterocycles. The Bertz CT molecular complexity index is 1400. The van der Waals surface area contributed by atoms with Gasteiger partial charge in [-0.1, -0.05) is 42.5 Å². The lowest BCUT2D eigenvalue weighted by atomic mass is 10.0. The molecule has 32 heavy (non-hydrogen) atoms. The normalized spacial score (nSPS) is 10.7. The molecule has 4 rings (SSSR count). The molecule has 1 heterocycles. The second kappa shape index (κ2) is 8.51. The van der Waals surface area contributed by atoms with E-state index >= 15 is 0 Å². The number of ether oxygens (including phenoxy) is 1. The number of benzene rings is 3. The van der Waals surface area contributed by atoms with Gasteiger partial charge in [0.2, 0.25) is 0 Å². The highest BCUT2D eigenvalue weighted by molar-refractivity contribution is 6.12. The van der Waals surface area contributed by atoms with Crippen molar-refractivity contribution < 1.29 is 18.7 Å². The Balaban J connectivity index is 1.82. The molecule has 160 valence electrons. The molecule has 0 saturated heterocycles. The van der Waals surface area contributed by atoms with Crippen LogP contribution in [0.1, 0.15) is 31.8 Å². The highest BCUT2D eigenvalue weighted by Gasteiger charge is 2.20. The number of rotatable bonds is 4. The lowest BCUT2D eigenvalue weighted by molar-refractivity contribution is 0.0599. The summed E-state index contributed by atoms with van der Waals surface area (Å²) in [4.78, 5) is 38.2. The molecule has 0 aliphatic rings. The maximum atomic E-state index is 13.2. The summed E-state index contributed by atoms with van der Waals surface area (Å²) in [6.45, 7) is 3.43. The first kappa shape index (κ1) is 21.1. The number of para-hydroxylation sites is 1. The van der Waals surface area contributed by atoms with E-state index in [9.17, 15) is 14.4 Å². The molecule has 1 N–H and O–H groups in total. The fourth-order valence-electron chi connectivity index (χ4n) is 3.65. The summed E-state index contributed by atoms with van der Waals surface area (Å²) in [6.07, 6.45) is 0. The fraction of sp³-hybridized carbons (Fsp3) is 0.115. The summed E-state index contributed by atoms with van der Waals surface area (Å²) in [5, 5.41) is 3.15. The Hall–Kier alpha value is -4.19. The summed E-state index contributed by atoms with van der Waals surface area (Å²) in [7, 11) is 1.30. The van der Waals surface area contributed by atoms with Crippen LogP contribution in [0.25, 0.3) is 22.3 Å². The maximum absolute atomic E-state index is 13.2. The number of carbonyl (C=O) groups is 2. The van der Waals surface area contributed by atoms with Gasteiger partial charge in [0.1, 0.15) is 5.76 Å². The lowest BCUT2D eigenvalue weighted by Gasteiger charge is -2.13. The summed E-state index contributed by atoms with van der Waals surface area (Å²) >= 11 is 0. The molecule has 0 unspecified atom stereocenters. The van der Waals surface area contributed by atoms with Gasteiger partial charge in [-0.3, -0.25) is 9.59 Å². The van der Waals surface area contributed by atoms with Crippen LogP contribution in [-0.4, -0.2) is 19.0 Å². The van der Waals surface area contributed by atoms with Crippen LogP contribution in [0.3, 0.4) is 0 Å². The average molecular weight is 427 g/mol. The SMILES string of the molecule is COC(=O)c1cccc(NC(=O)c2cccc3c(=O)c(C)c(-c4ccccc4)oc23)c1C. The van der Waals surface area contributed by atoms with Gasteiger partial charge in [-0.15, -0.1) is 0 Å². The Morgan fingerprint density at radius 3 is 2.25 bits per heavy atom. The molecular weight excluding hydrogens is 406 g/mol. The van der Waals surface area contributed by atoms with Crippen molar-refractivity contribution in [1.29, 1.82) is 0 Å². The Morgan fingerprint density at radius 1 is 0.844 bits per heavy atom. The number of hydrogen-bond acceptors (Lipinski definition) is 5. The molecule has 1 aromatic heterocycles. The summed E-state index contributed by atoms with van der Waals surface area (Å²) in [6, 6.07) is 19.2. The molecule has 0 bridgehead atoms. The molecule has 0 atom stereocenters. The van der Waals surface area contributed by atoms with Crippen molar-refractivity contribution in [3.8, 4) is 11.3 Å². The van der Waals surface area contributed by atoms with E-state index in [-0.39, 0.29) is 16.6 Å². The molecule has 4 aromatic rings. The zero-order valence-corrected chi connectivity index (χ0v) is 17.9. The fourth-order valence-corrected chi connectivity index (χ4v) is 3.65. The molecule has 6 heteroatoms. The Morgan fingerprint density at radius 2 is 1.53 bits per heavy atom. The van der Waals surface area contributed by atoms with Gasteiger partial charge in [0.15, 0.2) is 11.0 Å². The molecule has 0 fully saturated rings. The standard InChI is InChI=1S/C26H21NO5/c1-15-18(26(30)31-3)11-8-14-21(15)27-25(29)20-13-7-12-19-22(28)16(2)23(32-24(19)20)17-9-5-4-6-10-17/h4-14H,1-3H3,(H,27,29). The van der Waals surface area contributed by atoms with Gasteiger partial charge in [-0.25, -0.2) is 4.79 Å². The van der Waals surface area contributed by atoms with Crippen LogP contribution in [0.15, 0.2) is 75.9 Å². The largest absolute Gasteiger partial charge is 0.465 e. The number of anilines is 1. The van der Waals surface area contributed by atoms with Gasteiger partial charge >= 0.3 is 5.97 Å². The van der Waals surface area contributed by atoms with Gasteiger partial charge in [0.05, 0.1) is 23.6 Å². The topological polar surface area (TPSA) is 85.6 Å². The number of fused-ring (bicyclic) bond motifs is 1. The lowest BCUT2D eigenvalue weighted by Crippen LogP contribution is -2.16. The molecule has 0 aliphatic carbocycles. The number of nitrogens with one attached hydrogen (secondary N) is 1. The second-order valence-corrected chi connectivity index (χ2v) is 7.36. The molecule has 1 amide bonds. The van der Waals surface area contributed by atoms with Gasteiger partial charge in [0, 0.05) is 16.8 Å². The van der Waals surface area contributed by atoms with Crippen molar-refractivity contribution in [2.45, 2.75) is 13.8 Å². The van der Waals surface area contributed by atoms with Crippen LogP contribution in [-0.2, 0) is 4.74 Å². The van der Waals surface area contributed by atoms with Crippen LogP contribution in [0.2, 0.25) is 0 Å². The van der Waals surface area contributed by atoms with E-state index in [0.29, 0.717) is 33.5 Å². The van der Waals surface area contributed by atoms with E-state index in [1.165, 1.54) is 7.11 Å². The first-order valence-electron chi connectivity index (χ1n) is 10.0. The average Bonchev–Trinajstić information content (AvgIpc) is 2.82.